The predicted molar refractivity (Wildman–Crippen MR) is 52.6 cm³/mol. The predicted octanol–water partition coefficient (Wildman–Crippen LogP) is 3.19. The molecule has 0 bridgehead atoms. The lowest BCUT2D eigenvalue weighted by Gasteiger charge is -2.21. The molecule has 1 fully saturated rings. The van der Waals surface area contributed by atoms with Gasteiger partial charge >= 0.3 is 0 Å². The summed E-state index contributed by atoms with van der Waals surface area (Å²) in [5.41, 5.74) is 0.612. The van der Waals surface area contributed by atoms with Crippen molar-refractivity contribution in [2.45, 2.75) is 31.6 Å². The van der Waals surface area contributed by atoms with Crippen molar-refractivity contribution in [2.24, 2.45) is 0 Å². The van der Waals surface area contributed by atoms with Crippen molar-refractivity contribution >= 4 is 5.78 Å². The van der Waals surface area contributed by atoms with Crippen LogP contribution in [0.5, 0.6) is 0 Å². The van der Waals surface area contributed by atoms with Gasteiger partial charge in [0.15, 0.2) is 0 Å². The quantitative estimate of drug-likeness (QED) is 0.695. The summed E-state index contributed by atoms with van der Waals surface area (Å²) >= 11 is 0. The minimum absolute atomic E-state index is 0.00329. The number of benzene rings is 1. The number of carbonyl (C=O) groups excluding carboxylic acids is 1. The Bertz CT molecular complexity index is 367. The third-order valence-electron chi connectivity index (χ3n) is 2.84. The molecule has 0 N–H and O–H groups in total. The molecule has 0 amide bonds. The van der Waals surface area contributed by atoms with Gasteiger partial charge in [-0.25, -0.2) is 8.78 Å². The molecule has 0 spiro atoms. The molecule has 3 heteroatoms. The second kappa shape index (κ2) is 4.09. The Morgan fingerprint density at radius 1 is 1.13 bits per heavy atom. The summed E-state index contributed by atoms with van der Waals surface area (Å²) in [6.45, 7) is 0. The lowest BCUT2D eigenvalue weighted by molar-refractivity contribution is -0.120. The van der Waals surface area contributed by atoms with Crippen LogP contribution in [-0.2, 0) is 4.79 Å². The van der Waals surface area contributed by atoms with Crippen LogP contribution in [0.1, 0.15) is 37.2 Å². The molecule has 0 aliphatic heterocycles. The maximum absolute atomic E-state index is 13.0. The van der Waals surface area contributed by atoms with Crippen LogP contribution in [0.4, 0.5) is 8.78 Å². The average molecular weight is 210 g/mol. The van der Waals surface area contributed by atoms with Gasteiger partial charge in [-0.05, 0) is 36.5 Å². The molecule has 1 aliphatic carbocycles. The zero-order chi connectivity index (χ0) is 10.8. The van der Waals surface area contributed by atoms with E-state index in [9.17, 15) is 13.6 Å². The molecule has 0 heterocycles. The van der Waals surface area contributed by atoms with E-state index < -0.39 is 11.6 Å². The first-order valence-corrected chi connectivity index (χ1v) is 5.13. The molecule has 0 radical (unpaired) electrons. The van der Waals surface area contributed by atoms with Crippen molar-refractivity contribution in [3.63, 3.8) is 0 Å². The van der Waals surface area contributed by atoms with Crippen molar-refractivity contribution in [1.29, 1.82) is 0 Å². The number of rotatable bonds is 1. The number of ketones is 1. The number of Topliss-reactive ketones (excluding diaryl/α,β-unsaturated/α-hetero) is 1. The summed E-state index contributed by atoms with van der Waals surface area (Å²) in [6.07, 6.45) is 2.69. The summed E-state index contributed by atoms with van der Waals surface area (Å²) < 4.78 is 25.9. The molecule has 1 nitrogen and oxygen atoms in total. The fraction of sp³-hybridized carbons (Fsp3) is 0.417. The van der Waals surface area contributed by atoms with Gasteiger partial charge in [0.25, 0.3) is 0 Å². The summed E-state index contributed by atoms with van der Waals surface area (Å²) in [7, 11) is 0. The van der Waals surface area contributed by atoms with Crippen molar-refractivity contribution in [1.82, 2.24) is 0 Å². The number of hydrogen-bond acceptors (Lipinski definition) is 1. The van der Waals surface area contributed by atoms with E-state index in [2.05, 4.69) is 0 Å². The number of hydrogen-bond donors (Lipinski definition) is 0. The van der Waals surface area contributed by atoms with E-state index in [-0.39, 0.29) is 11.7 Å². The van der Waals surface area contributed by atoms with Gasteiger partial charge in [0.1, 0.15) is 17.4 Å². The molecule has 1 aromatic carbocycles. The third kappa shape index (κ3) is 2.41. The molecule has 15 heavy (non-hydrogen) atoms. The standard InChI is InChI=1S/C12H12F2O/c13-10-4-9(5-11(14)7-10)8-2-1-3-12(15)6-8/h4-5,7-8H,1-3,6H2. The minimum Gasteiger partial charge on any atom is -0.300 e. The molecule has 1 atom stereocenters. The molecular weight excluding hydrogens is 198 g/mol. The average Bonchev–Trinajstić information content (AvgIpc) is 2.16. The normalized spacial score (nSPS) is 21.7. The van der Waals surface area contributed by atoms with Crippen LogP contribution in [0.15, 0.2) is 18.2 Å². The van der Waals surface area contributed by atoms with Crippen LogP contribution >= 0.6 is 0 Å². The van der Waals surface area contributed by atoms with Crippen LogP contribution in [0, 0.1) is 11.6 Å². The van der Waals surface area contributed by atoms with Crippen molar-refractivity contribution < 1.29 is 13.6 Å². The molecule has 0 saturated heterocycles. The van der Waals surface area contributed by atoms with E-state index in [0.717, 1.165) is 18.9 Å². The molecule has 1 unspecified atom stereocenters. The second-order valence-electron chi connectivity index (χ2n) is 4.03. The van der Waals surface area contributed by atoms with Crippen molar-refractivity contribution in [2.75, 3.05) is 0 Å². The molecule has 2 rings (SSSR count). The smallest absolute Gasteiger partial charge is 0.133 e. The van der Waals surface area contributed by atoms with E-state index in [0.29, 0.717) is 18.4 Å². The highest BCUT2D eigenvalue weighted by Gasteiger charge is 2.21. The van der Waals surface area contributed by atoms with Gasteiger partial charge in [-0.1, -0.05) is 0 Å². The van der Waals surface area contributed by atoms with Gasteiger partial charge in [-0.15, -0.1) is 0 Å². The summed E-state index contributed by atoms with van der Waals surface area (Å²) in [4.78, 5) is 11.2. The van der Waals surface area contributed by atoms with Crippen LogP contribution in [0.2, 0.25) is 0 Å². The summed E-state index contributed by atoms with van der Waals surface area (Å²) in [6, 6.07) is 3.51. The van der Waals surface area contributed by atoms with Gasteiger partial charge < -0.3 is 0 Å². The van der Waals surface area contributed by atoms with E-state index in [4.69, 9.17) is 0 Å². The Morgan fingerprint density at radius 2 is 1.80 bits per heavy atom. The monoisotopic (exact) mass is 210 g/mol. The zero-order valence-electron chi connectivity index (χ0n) is 8.30. The Hall–Kier alpha value is -1.25. The van der Waals surface area contributed by atoms with E-state index in [1.165, 1.54) is 12.1 Å². The van der Waals surface area contributed by atoms with Crippen LogP contribution in [0.25, 0.3) is 0 Å². The summed E-state index contributed by atoms with van der Waals surface area (Å²) in [5.74, 6) is -0.946. The van der Waals surface area contributed by atoms with Gasteiger partial charge in [-0.3, -0.25) is 4.79 Å². The topological polar surface area (TPSA) is 17.1 Å². The van der Waals surface area contributed by atoms with Gasteiger partial charge in [0.05, 0.1) is 0 Å². The van der Waals surface area contributed by atoms with E-state index in [1.54, 1.807) is 0 Å². The zero-order valence-corrected chi connectivity index (χ0v) is 8.30. The lowest BCUT2D eigenvalue weighted by atomic mass is 9.83. The Balaban J connectivity index is 2.24. The molecular formula is C12H12F2O. The van der Waals surface area contributed by atoms with E-state index in [1.807, 2.05) is 0 Å². The van der Waals surface area contributed by atoms with E-state index >= 15 is 0 Å². The van der Waals surface area contributed by atoms with Gasteiger partial charge in [0, 0.05) is 18.9 Å². The number of carbonyl (C=O) groups is 1. The highest BCUT2D eigenvalue weighted by Crippen LogP contribution is 2.31. The highest BCUT2D eigenvalue weighted by molar-refractivity contribution is 5.80. The SMILES string of the molecule is O=C1CCCC(c2cc(F)cc(F)c2)C1. The van der Waals surface area contributed by atoms with Crippen molar-refractivity contribution in [3.05, 3.63) is 35.4 Å². The maximum atomic E-state index is 13.0. The van der Waals surface area contributed by atoms with Gasteiger partial charge in [0.2, 0.25) is 0 Å². The first kappa shape index (κ1) is 10.3. The first-order chi connectivity index (χ1) is 7.15. The Kier molecular flexibility index (Phi) is 2.80. The first-order valence-electron chi connectivity index (χ1n) is 5.13. The third-order valence-corrected chi connectivity index (χ3v) is 2.84. The maximum Gasteiger partial charge on any atom is 0.133 e. The van der Waals surface area contributed by atoms with Crippen LogP contribution in [-0.4, -0.2) is 5.78 Å². The molecule has 1 saturated carbocycles. The van der Waals surface area contributed by atoms with Crippen LogP contribution < -0.4 is 0 Å². The largest absolute Gasteiger partial charge is 0.300 e. The summed E-state index contributed by atoms with van der Waals surface area (Å²) in [5, 5.41) is 0. The molecule has 0 aromatic heterocycles. The second-order valence-corrected chi connectivity index (χ2v) is 4.03. The molecule has 1 aliphatic rings. The molecule has 1 aromatic rings. The van der Waals surface area contributed by atoms with Crippen molar-refractivity contribution in [3.8, 4) is 0 Å². The fourth-order valence-electron chi connectivity index (χ4n) is 2.12. The minimum atomic E-state index is -0.567. The fourth-order valence-corrected chi connectivity index (χ4v) is 2.12. The lowest BCUT2D eigenvalue weighted by Crippen LogP contribution is -2.13. The molecule has 80 valence electrons. The van der Waals surface area contributed by atoms with Gasteiger partial charge in [-0.2, -0.15) is 0 Å². The highest BCUT2D eigenvalue weighted by atomic mass is 19.1. The Labute approximate surface area is 87.1 Å². The van der Waals surface area contributed by atoms with Crippen LogP contribution in [0.3, 0.4) is 0 Å². The number of halogens is 2. The Morgan fingerprint density at radius 3 is 2.40 bits per heavy atom.